The quantitative estimate of drug-likeness (QED) is 0.478. The second-order valence-corrected chi connectivity index (χ2v) is 1.85. The van der Waals surface area contributed by atoms with Crippen molar-refractivity contribution in [1.82, 2.24) is 0 Å². The molecule has 13 heavy (non-hydrogen) atoms. The Hall–Kier alpha value is -0.930. The normalized spacial score (nSPS) is 12.4. The van der Waals surface area contributed by atoms with Crippen LogP contribution in [0.4, 0.5) is 13.2 Å². The largest absolute Gasteiger partial charge is 0.572 e. The summed E-state index contributed by atoms with van der Waals surface area (Å²) in [6, 6.07) is 0. The molecule has 0 N–H and O–H groups in total. The van der Waals surface area contributed by atoms with Gasteiger partial charge in [0, 0.05) is 0 Å². The van der Waals surface area contributed by atoms with Crippen molar-refractivity contribution in [2.24, 2.45) is 0 Å². The fourth-order valence-corrected chi connectivity index (χ4v) is 0.448. The lowest BCUT2D eigenvalue weighted by Crippen LogP contribution is -2.11. The van der Waals surface area contributed by atoms with Crippen LogP contribution in [-0.4, -0.2) is 6.36 Å². The van der Waals surface area contributed by atoms with Crippen molar-refractivity contribution in [3.63, 3.8) is 0 Å². The van der Waals surface area contributed by atoms with Crippen molar-refractivity contribution in [1.29, 1.82) is 0 Å². The molecular formula is C9H15F3O. The molecule has 0 radical (unpaired) electrons. The Balaban J connectivity index is 0. The van der Waals surface area contributed by atoms with E-state index in [1.165, 1.54) is 19.1 Å². The summed E-state index contributed by atoms with van der Waals surface area (Å²) in [7, 11) is 0. The molecule has 78 valence electrons. The number of hydrogen-bond acceptors (Lipinski definition) is 1. The second-order valence-electron chi connectivity index (χ2n) is 1.85. The zero-order chi connectivity index (χ0) is 10.9. The molecule has 0 aromatic rings. The third-order valence-corrected chi connectivity index (χ3v) is 0.800. The Bertz CT molecular complexity index is 168. The summed E-state index contributed by atoms with van der Waals surface area (Å²) in [6.45, 7) is 6.95. The molecule has 0 saturated heterocycles. The van der Waals surface area contributed by atoms with Gasteiger partial charge in [-0.2, -0.15) is 0 Å². The topological polar surface area (TPSA) is 9.23 Å². The molecule has 0 bridgehead atoms. The number of alkyl halides is 3. The first-order chi connectivity index (χ1) is 5.95. The van der Waals surface area contributed by atoms with Crippen molar-refractivity contribution in [3.05, 3.63) is 24.0 Å². The SMILES string of the molecule is C/C=C\C=C(/C)OC(F)(F)F.CC. The molecular weight excluding hydrogens is 181 g/mol. The van der Waals surface area contributed by atoms with Gasteiger partial charge in [0.25, 0.3) is 0 Å². The summed E-state index contributed by atoms with van der Waals surface area (Å²) in [6.07, 6.45) is -0.250. The molecule has 0 spiro atoms. The van der Waals surface area contributed by atoms with E-state index in [0.29, 0.717) is 0 Å². The van der Waals surface area contributed by atoms with Gasteiger partial charge in [-0.3, -0.25) is 0 Å². The van der Waals surface area contributed by atoms with Gasteiger partial charge >= 0.3 is 6.36 Å². The first-order valence-electron chi connectivity index (χ1n) is 4.01. The minimum absolute atomic E-state index is 0.171. The van der Waals surface area contributed by atoms with Gasteiger partial charge in [-0.1, -0.05) is 26.0 Å². The van der Waals surface area contributed by atoms with E-state index < -0.39 is 6.36 Å². The summed E-state index contributed by atoms with van der Waals surface area (Å²) in [4.78, 5) is 0. The first kappa shape index (κ1) is 14.6. The molecule has 0 aromatic heterocycles. The van der Waals surface area contributed by atoms with Gasteiger partial charge in [-0.15, -0.1) is 13.2 Å². The predicted molar refractivity (Wildman–Crippen MR) is 47.1 cm³/mol. The monoisotopic (exact) mass is 196 g/mol. The molecule has 0 rings (SSSR count). The fourth-order valence-electron chi connectivity index (χ4n) is 0.448. The number of ether oxygens (including phenoxy) is 1. The Morgan fingerprint density at radius 2 is 1.69 bits per heavy atom. The molecule has 0 fully saturated rings. The van der Waals surface area contributed by atoms with E-state index in [0.717, 1.165) is 0 Å². The van der Waals surface area contributed by atoms with Crippen LogP contribution in [0.15, 0.2) is 24.0 Å². The van der Waals surface area contributed by atoms with Crippen LogP contribution in [0, 0.1) is 0 Å². The Labute approximate surface area is 76.9 Å². The molecule has 1 nitrogen and oxygen atoms in total. The van der Waals surface area contributed by atoms with Crippen LogP contribution in [0.1, 0.15) is 27.7 Å². The molecule has 0 aliphatic rings. The van der Waals surface area contributed by atoms with E-state index in [9.17, 15) is 13.2 Å². The number of hydrogen-bond donors (Lipinski definition) is 0. The minimum atomic E-state index is -4.58. The highest BCUT2D eigenvalue weighted by Crippen LogP contribution is 2.20. The van der Waals surface area contributed by atoms with Gasteiger partial charge in [0.1, 0.15) is 5.76 Å². The highest BCUT2D eigenvalue weighted by molar-refractivity contribution is 5.04. The van der Waals surface area contributed by atoms with Crippen molar-refractivity contribution < 1.29 is 17.9 Å². The molecule has 0 aliphatic heterocycles. The molecule has 0 amide bonds. The number of halogens is 3. The van der Waals surface area contributed by atoms with Gasteiger partial charge in [-0.05, 0) is 19.9 Å². The third kappa shape index (κ3) is 14.0. The van der Waals surface area contributed by atoms with Crippen LogP contribution in [0.2, 0.25) is 0 Å². The number of allylic oxidation sites excluding steroid dienone is 4. The smallest absolute Gasteiger partial charge is 0.411 e. The van der Waals surface area contributed by atoms with Crippen LogP contribution < -0.4 is 0 Å². The minimum Gasteiger partial charge on any atom is -0.411 e. The maximum Gasteiger partial charge on any atom is 0.572 e. The summed E-state index contributed by atoms with van der Waals surface area (Å²) in [5, 5.41) is 0. The average molecular weight is 196 g/mol. The average Bonchev–Trinajstić information content (AvgIpc) is 2.01. The predicted octanol–water partition coefficient (Wildman–Crippen LogP) is 4.03. The second kappa shape index (κ2) is 7.71. The lowest BCUT2D eigenvalue weighted by molar-refractivity contribution is -0.305. The highest BCUT2D eigenvalue weighted by Gasteiger charge is 2.30. The van der Waals surface area contributed by atoms with Crippen LogP contribution in [0.3, 0.4) is 0 Å². The Morgan fingerprint density at radius 3 is 2.00 bits per heavy atom. The molecule has 0 saturated carbocycles. The van der Waals surface area contributed by atoms with E-state index in [4.69, 9.17) is 0 Å². The van der Waals surface area contributed by atoms with Crippen molar-refractivity contribution in [2.45, 2.75) is 34.1 Å². The van der Waals surface area contributed by atoms with E-state index in [-0.39, 0.29) is 5.76 Å². The molecule has 0 unspecified atom stereocenters. The van der Waals surface area contributed by atoms with Crippen molar-refractivity contribution in [3.8, 4) is 0 Å². The standard InChI is InChI=1S/C7H9F3O.C2H6/c1-3-4-5-6(2)11-7(8,9)10;1-2/h3-5H,1-2H3;1-2H3/b4-3-,6-5+;. The van der Waals surface area contributed by atoms with E-state index in [2.05, 4.69) is 4.74 Å². The third-order valence-electron chi connectivity index (χ3n) is 0.800. The van der Waals surface area contributed by atoms with E-state index in [1.54, 1.807) is 13.0 Å². The number of rotatable bonds is 2. The van der Waals surface area contributed by atoms with Gasteiger partial charge in [0.05, 0.1) is 0 Å². The van der Waals surface area contributed by atoms with E-state index >= 15 is 0 Å². The van der Waals surface area contributed by atoms with Crippen molar-refractivity contribution in [2.75, 3.05) is 0 Å². The van der Waals surface area contributed by atoms with Crippen LogP contribution in [-0.2, 0) is 4.74 Å². The zero-order valence-electron chi connectivity index (χ0n) is 8.27. The van der Waals surface area contributed by atoms with Crippen LogP contribution in [0.25, 0.3) is 0 Å². The zero-order valence-corrected chi connectivity index (χ0v) is 8.27. The van der Waals surface area contributed by atoms with Crippen LogP contribution >= 0.6 is 0 Å². The first-order valence-corrected chi connectivity index (χ1v) is 4.01. The molecule has 4 heteroatoms. The van der Waals surface area contributed by atoms with Crippen molar-refractivity contribution >= 4 is 0 Å². The molecule has 0 aromatic carbocycles. The Kier molecular flexibility index (Phi) is 8.65. The lowest BCUT2D eigenvalue weighted by Gasteiger charge is -2.07. The maximum atomic E-state index is 11.4. The summed E-state index contributed by atoms with van der Waals surface area (Å²) in [5.74, 6) is -0.171. The molecule has 0 heterocycles. The lowest BCUT2D eigenvalue weighted by atomic mass is 10.4. The fraction of sp³-hybridized carbons (Fsp3) is 0.556. The van der Waals surface area contributed by atoms with E-state index in [1.807, 2.05) is 13.8 Å². The Morgan fingerprint density at radius 1 is 1.23 bits per heavy atom. The maximum absolute atomic E-state index is 11.4. The van der Waals surface area contributed by atoms with Crippen LogP contribution in [0.5, 0.6) is 0 Å². The van der Waals surface area contributed by atoms with Gasteiger partial charge < -0.3 is 4.74 Å². The molecule has 0 aliphatic carbocycles. The highest BCUT2D eigenvalue weighted by atomic mass is 19.4. The van der Waals surface area contributed by atoms with Gasteiger partial charge in [0.2, 0.25) is 0 Å². The summed E-state index contributed by atoms with van der Waals surface area (Å²) >= 11 is 0. The summed E-state index contributed by atoms with van der Waals surface area (Å²) < 4.78 is 37.9. The van der Waals surface area contributed by atoms with Gasteiger partial charge in [-0.25, -0.2) is 0 Å². The van der Waals surface area contributed by atoms with Gasteiger partial charge in [0.15, 0.2) is 0 Å². The molecule has 0 atom stereocenters. The summed E-state index contributed by atoms with van der Waals surface area (Å²) in [5.41, 5.74) is 0.